The highest BCUT2D eigenvalue weighted by molar-refractivity contribution is 6.66. The van der Waals surface area contributed by atoms with Gasteiger partial charge < -0.3 is 5.32 Å². The van der Waals surface area contributed by atoms with Crippen LogP contribution in [0.1, 0.15) is 0 Å². The minimum atomic E-state index is -2.68. The van der Waals surface area contributed by atoms with E-state index in [2.05, 4.69) is 10.3 Å². The second-order valence-corrected chi connectivity index (χ2v) is 3.19. The summed E-state index contributed by atoms with van der Waals surface area (Å²) < 4.78 is 23.8. The van der Waals surface area contributed by atoms with Gasteiger partial charge in [-0.1, -0.05) is 29.8 Å². The van der Waals surface area contributed by atoms with Gasteiger partial charge in [0.1, 0.15) is 0 Å². The Labute approximate surface area is 92.0 Å². The number of nitrogens with zero attached hydrogens (tertiary/aromatic N) is 1. The Balaban J connectivity index is 2.26. The lowest BCUT2D eigenvalue weighted by Gasteiger charge is -2.03. The van der Waals surface area contributed by atoms with Gasteiger partial charge in [-0.05, 0) is 12.1 Å². The van der Waals surface area contributed by atoms with Crippen molar-refractivity contribution < 1.29 is 8.78 Å². The maximum Gasteiger partial charge on any atom is 0.290 e. The third-order valence-corrected chi connectivity index (χ3v) is 1.94. The van der Waals surface area contributed by atoms with Crippen molar-refractivity contribution in [3.8, 4) is 0 Å². The smallest absolute Gasteiger partial charge is 0.290 e. The fourth-order valence-corrected chi connectivity index (χ4v) is 1.07. The third-order valence-electron chi connectivity index (χ3n) is 1.66. The summed E-state index contributed by atoms with van der Waals surface area (Å²) in [6.07, 6.45) is -2.68. The van der Waals surface area contributed by atoms with Crippen molar-refractivity contribution in [2.45, 2.75) is 6.43 Å². The SMILES string of the molecule is FC(F)C(Cl)=NCCNc1ccccc1. The van der Waals surface area contributed by atoms with E-state index in [-0.39, 0.29) is 6.54 Å². The number of hydrogen-bond acceptors (Lipinski definition) is 2. The molecule has 0 aliphatic carbocycles. The molecule has 5 heteroatoms. The summed E-state index contributed by atoms with van der Waals surface area (Å²) in [5.41, 5.74) is 0.931. The van der Waals surface area contributed by atoms with E-state index in [9.17, 15) is 8.78 Å². The monoisotopic (exact) mass is 232 g/mol. The third kappa shape index (κ3) is 4.74. The minimum Gasteiger partial charge on any atom is -0.383 e. The van der Waals surface area contributed by atoms with Crippen molar-refractivity contribution in [2.75, 3.05) is 18.4 Å². The molecule has 0 atom stereocenters. The number of rotatable bonds is 5. The number of anilines is 1. The molecule has 0 aliphatic heterocycles. The fourth-order valence-electron chi connectivity index (χ4n) is 0.988. The number of halogens is 3. The number of para-hydroxylation sites is 1. The normalized spacial score (nSPS) is 11.9. The molecule has 0 amide bonds. The summed E-state index contributed by atoms with van der Waals surface area (Å²) in [4.78, 5) is 3.51. The van der Waals surface area contributed by atoms with Crippen LogP contribution in [0, 0.1) is 0 Å². The van der Waals surface area contributed by atoms with Gasteiger partial charge in [0.15, 0.2) is 5.17 Å². The minimum absolute atomic E-state index is 0.234. The topological polar surface area (TPSA) is 24.4 Å². The molecule has 0 saturated heterocycles. The molecule has 1 N–H and O–H groups in total. The first kappa shape index (κ1) is 11.9. The van der Waals surface area contributed by atoms with Gasteiger partial charge >= 0.3 is 0 Å². The molecular formula is C10H11ClF2N2. The molecule has 0 spiro atoms. The summed E-state index contributed by atoms with van der Waals surface area (Å²) in [5, 5.41) is 2.39. The first-order valence-corrected chi connectivity index (χ1v) is 4.85. The van der Waals surface area contributed by atoms with Crippen LogP contribution in [0.3, 0.4) is 0 Å². The van der Waals surface area contributed by atoms with Crippen LogP contribution in [-0.4, -0.2) is 24.7 Å². The highest BCUT2D eigenvalue weighted by atomic mass is 35.5. The Hall–Kier alpha value is -1.16. The van der Waals surface area contributed by atoms with E-state index in [4.69, 9.17) is 11.6 Å². The number of nitrogens with one attached hydrogen (secondary N) is 1. The highest BCUT2D eigenvalue weighted by Crippen LogP contribution is 2.04. The van der Waals surface area contributed by atoms with Gasteiger partial charge in [0.05, 0.1) is 6.54 Å². The number of benzene rings is 1. The molecule has 15 heavy (non-hydrogen) atoms. The van der Waals surface area contributed by atoms with Crippen LogP contribution in [0.5, 0.6) is 0 Å². The van der Waals surface area contributed by atoms with E-state index in [1.165, 1.54) is 0 Å². The maximum atomic E-state index is 11.9. The maximum absolute atomic E-state index is 11.9. The molecule has 0 radical (unpaired) electrons. The van der Waals surface area contributed by atoms with E-state index in [0.29, 0.717) is 6.54 Å². The second-order valence-electron chi connectivity index (χ2n) is 2.80. The fraction of sp³-hybridized carbons (Fsp3) is 0.300. The number of aliphatic imine (C=N–C) groups is 1. The molecule has 82 valence electrons. The largest absolute Gasteiger partial charge is 0.383 e. The van der Waals surface area contributed by atoms with E-state index in [1.54, 1.807) is 0 Å². The lowest BCUT2D eigenvalue weighted by molar-refractivity contribution is 0.228. The van der Waals surface area contributed by atoms with E-state index >= 15 is 0 Å². The van der Waals surface area contributed by atoms with Crippen LogP contribution in [0.2, 0.25) is 0 Å². The van der Waals surface area contributed by atoms with Gasteiger partial charge in [0.2, 0.25) is 0 Å². The Morgan fingerprint density at radius 2 is 2.00 bits per heavy atom. The van der Waals surface area contributed by atoms with Crippen LogP contribution >= 0.6 is 11.6 Å². The van der Waals surface area contributed by atoms with Crippen molar-refractivity contribution >= 4 is 22.5 Å². The predicted octanol–water partition coefficient (Wildman–Crippen LogP) is 3.00. The lowest BCUT2D eigenvalue weighted by atomic mass is 10.3. The van der Waals surface area contributed by atoms with Crippen molar-refractivity contribution in [2.24, 2.45) is 4.99 Å². The summed E-state index contributed by atoms with van der Waals surface area (Å²) in [5.74, 6) is 0. The summed E-state index contributed by atoms with van der Waals surface area (Å²) in [6.45, 7) is 0.713. The molecular weight excluding hydrogens is 222 g/mol. The van der Waals surface area contributed by atoms with Gasteiger partial charge in [-0.15, -0.1) is 0 Å². The zero-order chi connectivity index (χ0) is 11.1. The first-order valence-electron chi connectivity index (χ1n) is 4.47. The average Bonchev–Trinajstić information content (AvgIpc) is 2.25. The molecule has 1 aromatic carbocycles. The quantitative estimate of drug-likeness (QED) is 0.613. The van der Waals surface area contributed by atoms with Gasteiger partial charge in [-0.3, -0.25) is 4.99 Å². The molecule has 2 nitrogen and oxygen atoms in total. The highest BCUT2D eigenvalue weighted by Gasteiger charge is 2.07. The molecule has 0 heterocycles. The molecule has 0 fully saturated rings. The molecule has 0 bridgehead atoms. The van der Waals surface area contributed by atoms with Crippen molar-refractivity contribution in [1.29, 1.82) is 0 Å². The van der Waals surface area contributed by atoms with Crippen molar-refractivity contribution in [3.05, 3.63) is 30.3 Å². The summed E-state index contributed by atoms with van der Waals surface area (Å²) in [7, 11) is 0. The van der Waals surface area contributed by atoms with Gasteiger partial charge in [-0.25, -0.2) is 8.78 Å². The van der Waals surface area contributed by atoms with E-state index < -0.39 is 11.6 Å². The molecule has 0 aromatic heterocycles. The molecule has 1 rings (SSSR count). The van der Waals surface area contributed by atoms with Gasteiger partial charge in [0, 0.05) is 12.2 Å². The Kier molecular flexibility index (Phi) is 5.04. The zero-order valence-electron chi connectivity index (χ0n) is 7.96. The van der Waals surface area contributed by atoms with Crippen LogP contribution in [0.4, 0.5) is 14.5 Å². The summed E-state index contributed by atoms with van der Waals surface area (Å²) >= 11 is 5.17. The second kappa shape index (κ2) is 6.35. The number of alkyl halides is 2. The average molecular weight is 233 g/mol. The van der Waals surface area contributed by atoms with Crippen molar-refractivity contribution in [1.82, 2.24) is 0 Å². The van der Waals surface area contributed by atoms with Crippen molar-refractivity contribution in [3.63, 3.8) is 0 Å². The Morgan fingerprint density at radius 3 is 2.60 bits per heavy atom. The predicted molar refractivity (Wildman–Crippen MR) is 59.1 cm³/mol. The van der Waals surface area contributed by atoms with E-state index in [0.717, 1.165) is 5.69 Å². The van der Waals surface area contributed by atoms with Crippen LogP contribution in [-0.2, 0) is 0 Å². The Bertz CT molecular complexity index is 314. The van der Waals surface area contributed by atoms with Gasteiger partial charge in [-0.2, -0.15) is 0 Å². The molecule has 0 unspecified atom stereocenters. The van der Waals surface area contributed by atoms with Crippen LogP contribution in [0.15, 0.2) is 35.3 Å². The van der Waals surface area contributed by atoms with Crippen LogP contribution in [0.25, 0.3) is 0 Å². The van der Waals surface area contributed by atoms with Gasteiger partial charge in [0.25, 0.3) is 6.43 Å². The first-order chi connectivity index (χ1) is 7.20. The van der Waals surface area contributed by atoms with E-state index in [1.807, 2.05) is 30.3 Å². The lowest BCUT2D eigenvalue weighted by Crippen LogP contribution is -2.08. The molecule has 0 saturated carbocycles. The standard InChI is InChI=1S/C10H11ClF2N2/c11-9(10(12)13)15-7-6-14-8-4-2-1-3-5-8/h1-5,10,14H,6-7H2. The Morgan fingerprint density at radius 1 is 1.33 bits per heavy atom. The zero-order valence-corrected chi connectivity index (χ0v) is 8.72. The molecule has 1 aromatic rings. The number of hydrogen-bond donors (Lipinski definition) is 1. The van der Waals surface area contributed by atoms with Crippen LogP contribution < -0.4 is 5.32 Å². The molecule has 0 aliphatic rings. The summed E-state index contributed by atoms with van der Waals surface area (Å²) in [6, 6.07) is 9.45.